The number of benzene rings is 2. The summed E-state index contributed by atoms with van der Waals surface area (Å²) in [6.07, 6.45) is -4.43. The maximum absolute atomic E-state index is 13.0. The SMILES string of the molecule is Cc1nn(Cc2cccc(C(F)(F)F)c2)c(C)c1NC(=O)c1cc(-c2ccc(Cl)cc2Cl)on1. The zero-order chi connectivity index (χ0) is 24.6. The van der Waals surface area contributed by atoms with E-state index in [0.29, 0.717) is 44.0 Å². The number of hydrogen-bond acceptors (Lipinski definition) is 4. The average Bonchev–Trinajstić information content (AvgIpc) is 3.34. The third-order valence-corrected chi connectivity index (χ3v) is 5.69. The number of aromatic nitrogens is 3. The van der Waals surface area contributed by atoms with Crippen LogP contribution >= 0.6 is 23.2 Å². The van der Waals surface area contributed by atoms with E-state index in [1.54, 1.807) is 38.1 Å². The highest BCUT2D eigenvalue weighted by atomic mass is 35.5. The molecule has 0 aliphatic heterocycles. The lowest BCUT2D eigenvalue weighted by Crippen LogP contribution is -2.13. The van der Waals surface area contributed by atoms with Gasteiger partial charge in [-0.2, -0.15) is 18.3 Å². The van der Waals surface area contributed by atoms with E-state index in [-0.39, 0.29) is 12.2 Å². The van der Waals surface area contributed by atoms with Gasteiger partial charge in [0.2, 0.25) is 0 Å². The lowest BCUT2D eigenvalue weighted by molar-refractivity contribution is -0.137. The lowest BCUT2D eigenvalue weighted by atomic mass is 10.1. The quantitative estimate of drug-likeness (QED) is 0.322. The van der Waals surface area contributed by atoms with Crippen LogP contribution in [0.25, 0.3) is 11.3 Å². The molecular formula is C23H17Cl2F3N4O2. The van der Waals surface area contributed by atoms with Gasteiger partial charge < -0.3 is 9.84 Å². The molecule has 0 aliphatic rings. The van der Waals surface area contributed by atoms with Crippen molar-refractivity contribution < 1.29 is 22.5 Å². The minimum absolute atomic E-state index is 0.0189. The Balaban J connectivity index is 1.53. The number of rotatable bonds is 5. The predicted molar refractivity (Wildman–Crippen MR) is 122 cm³/mol. The molecule has 0 spiro atoms. The fraction of sp³-hybridized carbons (Fsp3) is 0.174. The van der Waals surface area contributed by atoms with Crippen molar-refractivity contribution >= 4 is 34.8 Å². The molecule has 0 bridgehead atoms. The van der Waals surface area contributed by atoms with Crippen LogP contribution in [-0.2, 0) is 12.7 Å². The number of amides is 1. The molecule has 2 aromatic carbocycles. The van der Waals surface area contributed by atoms with Gasteiger partial charge in [-0.3, -0.25) is 9.48 Å². The minimum atomic E-state index is -4.43. The largest absolute Gasteiger partial charge is 0.416 e. The molecule has 0 atom stereocenters. The van der Waals surface area contributed by atoms with Gasteiger partial charge in [0.15, 0.2) is 11.5 Å². The molecule has 2 heterocycles. The number of alkyl halides is 3. The van der Waals surface area contributed by atoms with Crippen LogP contribution in [0.3, 0.4) is 0 Å². The molecule has 0 fully saturated rings. The van der Waals surface area contributed by atoms with Gasteiger partial charge >= 0.3 is 6.18 Å². The Kier molecular flexibility index (Phi) is 6.42. The Labute approximate surface area is 202 Å². The molecule has 0 radical (unpaired) electrons. The van der Waals surface area contributed by atoms with Gasteiger partial charge in [-0.1, -0.05) is 40.5 Å². The van der Waals surface area contributed by atoms with Crippen LogP contribution in [0.5, 0.6) is 0 Å². The second-order valence-electron chi connectivity index (χ2n) is 7.56. The summed E-state index contributed by atoms with van der Waals surface area (Å²) in [5.74, 6) is -0.245. The van der Waals surface area contributed by atoms with E-state index in [1.165, 1.54) is 16.8 Å². The highest BCUT2D eigenvalue weighted by Crippen LogP contribution is 2.32. The fourth-order valence-corrected chi connectivity index (χ4v) is 3.93. The van der Waals surface area contributed by atoms with E-state index in [1.807, 2.05) is 0 Å². The Hall–Kier alpha value is -3.30. The third-order valence-electron chi connectivity index (χ3n) is 5.15. The van der Waals surface area contributed by atoms with E-state index >= 15 is 0 Å². The number of hydrogen-bond donors (Lipinski definition) is 1. The summed E-state index contributed by atoms with van der Waals surface area (Å²) in [4.78, 5) is 12.8. The molecule has 4 aromatic rings. The highest BCUT2D eigenvalue weighted by molar-refractivity contribution is 6.36. The van der Waals surface area contributed by atoms with Crippen molar-refractivity contribution in [2.75, 3.05) is 5.32 Å². The van der Waals surface area contributed by atoms with Crippen LogP contribution < -0.4 is 5.32 Å². The van der Waals surface area contributed by atoms with Crippen molar-refractivity contribution in [2.45, 2.75) is 26.6 Å². The van der Waals surface area contributed by atoms with Crippen molar-refractivity contribution in [1.82, 2.24) is 14.9 Å². The second-order valence-corrected chi connectivity index (χ2v) is 8.40. The van der Waals surface area contributed by atoms with E-state index in [9.17, 15) is 18.0 Å². The molecule has 6 nitrogen and oxygen atoms in total. The predicted octanol–water partition coefficient (Wildman–Crippen LogP) is 6.78. The molecule has 1 N–H and O–H groups in total. The average molecular weight is 509 g/mol. The number of anilines is 1. The minimum Gasteiger partial charge on any atom is -0.355 e. The number of aryl methyl sites for hydroxylation is 1. The van der Waals surface area contributed by atoms with Crippen molar-refractivity contribution in [1.29, 1.82) is 0 Å². The second kappa shape index (κ2) is 9.15. The van der Waals surface area contributed by atoms with Crippen LogP contribution in [-0.4, -0.2) is 20.8 Å². The Morgan fingerprint density at radius 3 is 2.59 bits per heavy atom. The molecule has 0 unspecified atom stereocenters. The van der Waals surface area contributed by atoms with Gasteiger partial charge in [0.05, 0.1) is 34.2 Å². The van der Waals surface area contributed by atoms with Gasteiger partial charge in [-0.15, -0.1) is 0 Å². The van der Waals surface area contributed by atoms with Crippen LogP contribution in [0.15, 0.2) is 53.1 Å². The van der Waals surface area contributed by atoms with Crippen LogP contribution in [0.1, 0.15) is 33.0 Å². The molecule has 0 aliphatic carbocycles. The number of halogens is 5. The van der Waals surface area contributed by atoms with Crippen molar-refractivity contribution in [2.24, 2.45) is 0 Å². The first-order valence-corrected chi connectivity index (χ1v) is 10.7. The maximum Gasteiger partial charge on any atom is 0.416 e. The summed E-state index contributed by atoms with van der Waals surface area (Å²) < 4.78 is 45.8. The number of nitrogens with one attached hydrogen (secondary N) is 1. The van der Waals surface area contributed by atoms with E-state index in [2.05, 4.69) is 15.6 Å². The summed E-state index contributed by atoms with van der Waals surface area (Å²) in [7, 11) is 0. The Morgan fingerprint density at radius 2 is 1.88 bits per heavy atom. The monoisotopic (exact) mass is 508 g/mol. The molecule has 0 saturated carbocycles. The normalized spacial score (nSPS) is 11.6. The van der Waals surface area contributed by atoms with Gasteiger partial charge in [0.1, 0.15) is 0 Å². The third kappa shape index (κ3) is 4.95. The van der Waals surface area contributed by atoms with Crippen molar-refractivity contribution in [3.05, 3.63) is 86.8 Å². The van der Waals surface area contributed by atoms with E-state index < -0.39 is 17.6 Å². The molecular weight excluding hydrogens is 492 g/mol. The number of carbonyl (C=O) groups is 1. The molecule has 176 valence electrons. The first kappa shape index (κ1) is 23.8. The summed E-state index contributed by atoms with van der Waals surface area (Å²) in [5, 5.41) is 11.7. The molecule has 11 heteroatoms. The van der Waals surface area contributed by atoms with Crippen molar-refractivity contribution in [3.8, 4) is 11.3 Å². The summed E-state index contributed by atoms with van der Waals surface area (Å²) in [6, 6.07) is 11.3. The lowest BCUT2D eigenvalue weighted by Gasteiger charge is -2.10. The smallest absolute Gasteiger partial charge is 0.355 e. The molecule has 1 amide bonds. The summed E-state index contributed by atoms with van der Waals surface area (Å²) >= 11 is 12.1. The number of nitrogens with zero attached hydrogens (tertiary/aromatic N) is 3. The van der Waals surface area contributed by atoms with Gasteiger partial charge in [0.25, 0.3) is 5.91 Å². The molecule has 0 saturated heterocycles. The molecule has 34 heavy (non-hydrogen) atoms. The standard InChI is InChI=1S/C23H17Cl2F3N4O2/c1-12-21(13(2)32(30-12)11-14-4-3-5-15(8-14)23(26,27)28)29-22(33)19-10-20(34-31-19)17-7-6-16(24)9-18(17)25/h3-10H,11H2,1-2H3,(H,29,33). The Bertz CT molecular complexity index is 1380. The number of carbonyl (C=O) groups excluding carboxylic acids is 1. The molecule has 2 aromatic heterocycles. The zero-order valence-corrected chi connectivity index (χ0v) is 19.4. The topological polar surface area (TPSA) is 73.0 Å². The van der Waals surface area contributed by atoms with E-state index in [4.69, 9.17) is 27.7 Å². The Morgan fingerprint density at radius 1 is 1.12 bits per heavy atom. The zero-order valence-electron chi connectivity index (χ0n) is 17.9. The van der Waals surface area contributed by atoms with Gasteiger partial charge in [-0.05, 0) is 49.7 Å². The van der Waals surface area contributed by atoms with Gasteiger partial charge in [0, 0.05) is 16.7 Å². The van der Waals surface area contributed by atoms with Crippen molar-refractivity contribution in [3.63, 3.8) is 0 Å². The molecule has 4 rings (SSSR count). The summed E-state index contributed by atoms with van der Waals surface area (Å²) in [5.41, 5.74) is 1.76. The van der Waals surface area contributed by atoms with Crippen LogP contribution in [0.4, 0.5) is 18.9 Å². The van der Waals surface area contributed by atoms with Crippen LogP contribution in [0, 0.1) is 13.8 Å². The van der Waals surface area contributed by atoms with Crippen LogP contribution in [0.2, 0.25) is 10.0 Å². The highest BCUT2D eigenvalue weighted by Gasteiger charge is 2.30. The fourth-order valence-electron chi connectivity index (χ4n) is 3.43. The first-order valence-electron chi connectivity index (χ1n) is 9.96. The van der Waals surface area contributed by atoms with Gasteiger partial charge in [-0.25, -0.2) is 0 Å². The maximum atomic E-state index is 13.0. The summed E-state index contributed by atoms with van der Waals surface area (Å²) in [6.45, 7) is 3.51. The first-order chi connectivity index (χ1) is 16.0. The van der Waals surface area contributed by atoms with E-state index in [0.717, 1.165) is 12.1 Å².